The highest BCUT2D eigenvalue weighted by Gasteiger charge is 2.15. The Balaban J connectivity index is 1.97. The number of carbonyl (C=O) groups is 1. The largest absolute Gasteiger partial charge is 0.475 e. The highest BCUT2D eigenvalue weighted by molar-refractivity contribution is 5.74. The predicted molar refractivity (Wildman–Crippen MR) is 70.6 cm³/mol. The Labute approximate surface area is 118 Å². The van der Waals surface area contributed by atoms with E-state index < -0.39 is 23.3 Å². The fourth-order valence-electron chi connectivity index (χ4n) is 1.56. The van der Waals surface area contributed by atoms with E-state index in [9.17, 15) is 19.3 Å². The number of hydrogen-bond acceptors (Lipinski definition) is 5. The highest BCUT2D eigenvalue weighted by Crippen LogP contribution is 2.25. The maximum absolute atomic E-state index is 12.9. The number of halogens is 1. The number of esters is 1. The molecule has 0 N–H and O–H groups in total. The van der Waals surface area contributed by atoms with Gasteiger partial charge in [-0.2, -0.15) is 0 Å². The molecule has 7 heteroatoms. The number of para-hydroxylation sites is 2. The van der Waals surface area contributed by atoms with Crippen molar-refractivity contribution in [3.8, 4) is 11.5 Å². The Kier molecular flexibility index (Phi) is 4.45. The topological polar surface area (TPSA) is 78.7 Å². The SMILES string of the molecule is O=C(COc1ccccc1[N+](=O)[O-])Oc1cccc(F)c1. The number of ether oxygens (including phenoxy) is 2. The zero-order chi connectivity index (χ0) is 15.2. The van der Waals surface area contributed by atoms with Crippen molar-refractivity contribution in [2.24, 2.45) is 0 Å². The van der Waals surface area contributed by atoms with Crippen LogP contribution in [-0.4, -0.2) is 17.5 Å². The molecule has 2 aromatic carbocycles. The molecule has 0 aliphatic rings. The molecule has 0 heterocycles. The lowest BCUT2D eigenvalue weighted by molar-refractivity contribution is -0.385. The fourth-order valence-corrected chi connectivity index (χ4v) is 1.56. The van der Waals surface area contributed by atoms with E-state index in [1.165, 1.54) is 36.4 Å². The van der Waals surface area contributed by atoms with E-state index >= 15 is 0 Å². The first kappa shape index (κ1) is 14.4. The molecule has 0 saturated carbocycles. The van der Waals surface area contributed by atoms with Gasteiger partial charge in [-0.3, -0.25) is 10.1 Å². The van der Waals surface area contributed by atoms with Crippen LogP contribution >= 0.6 is 0 Å². The van der Waals surface area contributed by atoms with Gasteiger partial charge in [0.05, 0.1) is 4.92 Å². The summed E-state index contributed by atoms with van der Waals surface area (Å²) in [7, 11) is 0. The standard InChI is InChI=1S/C14H10FNO5/c15-10-4-3-5-11(8-10)21-14(17)9-20-13-7-2-1-6-12(13)16(18)19/h1-8H,9H2. The zero-order valence-corrected chi connectivity index (χ0v) is 10.7. The molecular weight excluding hydrogens is 281 g/mol. The van der Waals surface area contributed by atoms with Gasteiger partial charge < -0.3 is 9.47 Å². The maximum atomic E-state index is 12.9. The van der Waals surface area contributed by atoms with Crippen LogP contribution in [0, 0.1) is 15.9 Å². The molecule has 0 bridgehead atoms. The molecule has 0 unspecified atom stereocenters. The summed E-state index contributed by atoms with van der Waals surface area (Å²) in [5.74, 6) is -1.34. The summed E-state index contributed by atoms with van der Waals surface area (Å²) in [6.07, 6.45) is 0. The van der Waals surface area contributed by atoms with Gasteiger partial charge in [0.15, 0.2) is 12.4 Å². The lowest BCUT2D eigenvalue weighted by Gasteiger charge is -2.07. The van der Waals surface area contributed by atoms with Crippen LogP contribution < -0.4 is 9.47 Å². The molecule has 6 nitrogen and oxygen atoms in total. The van der Waals surface area contributed by atoms with Gasteiger partial charge in [0, 0.05) is 12.1 Å². The second kappa shape index (κ2) is 6.47. The Morgan fingerprint density at radius 2 is 1.95 bits per heavy atom. The van der Waals surface area contributed by atoms with E-state index in [2.05, 4.69) is 0 Å². The second-order valence-electron chi connectivity index (χ2n) is 3.94. The van der Waals surface area contributed by atoms with Crippen molar-refractivity contribution < 1.29 is 23.6 Å². The Morgan fingerprint density at radius 3 is 2.67 bits per heavy atom. The molecule has 21 heavy (non-hydrogen) atoms. The number of nitro groups is 1. The van der Waals surface area contributed by atoms with E-state index in [0.717, 1.165) is 6.07 Å². The smallest absolute Gasteiger partial charge is 0.349 e. The highest BCUT2D eigenvalue weighted by atomic mass is 19.1. The number of rotatable bonds is 5. The molecule has 2 aromatic rings. The van der Waals surface area contributed by atoms with Gasteiger partial charge in [-0.1, -0.05) is 18.2 Å². The molecule has 0 atom stereocenters. The summed E-state index contributed by atoms with van der Waals surface area (Å²) in [4.78, 5) is 21.7. The van der Waals surface area contributed by atoms with Crippen LogP contribution in [0.5, 0.6) is 11.5 Å². The third kappa shape index (κ3) is 4.00. The molecule has 0 aliphatic heterocycles. The zero-order valence-electron chi connectivity index (χ0n) is 10.7. The molecule has 0 fully saturated rings. The fraction of sp³-hybridized carbons (Fsp3) is 0.0714. The predicted octanol–water partition coefficient (Wildman–Crippen LogP) is 2.72. The lowest BCUT2D eigenvalue weighted by Crippen LogP contribution is -2.18. The molecule has 0 aliphatic carbocycles. The van der Waals surface area contributed by atoms with Crippen molar-refractivity contribution in [2.75, 3.05) is 6.61 Å². The molecule has 0 spiro atoms. The van der Waals surface area contributed by atoms with Crippen LogP contribution in [0.3, 0.4) is 0 Å². The first-order valence-corrected chi connectivity index (χ1v) is 5.89. The van der Waals surface area contributed by atoms with Gasteiger partial charge in [0.1, 0.15) is 11.6 Å². The summed E-state index contributed by atoms with van der Waals surface area (Å²) < 4.78 is 22.8. The van der Waals surface area contributed by atoms with E-state index in [-0.39, 0.29) is 17.2 Å². The van der Waals surface area contributed by atoms with E-state index in [1.807, 2.05) is 0 Å². The summed E-state index contributed by atoms with van der Waals surface area (Å²) in [6.45, 7) is -0.526. The maximum Gasteiger partial charge on any atom is 0.349 e. The Hall–Kier alpha value is -2.96. The molecule has 2 rings (SSSR count). The first-order chi connectivity index (χ1) is 10.1. The van der Waals surface area contributed by atoms with Crippen LogP contribution in [0.15, 0.2) is 48.5 Å². The lowest BCUT2D eigenvalue weighted by atomic mass is 10.3. The Bertz CT molecular complexity index is 674. The number of benzene rings is 2. The average Bonchev–Trinajstić information content (AvgIpc) is 2.45. The first-order valence-electron chi connectivity index (χ1n) is 5.89. The van der Waals surface area contributed by atoms with Crippen molar-refractivity contribution in [1.29, 1.82) is 0 Å². The molecule has 0 radical (unpaired) electrons. The van der Waals surface area contributed by atoms with Crippen molar-refractivity contribution in [3.05, 3.63) is 64.5 Å². The van der Waals surface area contributed by atoms with E-state index in [1.54, 1.807) is 6.07 Å². The number of nitro benzene ring substituents is 1. The molecule has 0 amide bonds. The van der Waals surface area contributed by atoms with Crippen LogP contribution in [-0.2, 0) is 4.79 Å². The number of nitrogens with zero attached hydrogens (tertiary/aromatic N) is 1. The van der Waals surface area contributed by atoms with Crippen LogP contribution in [0.4, 0.5) is 10.1 Å². The minimum absolute atomic E-state index is 0.0335. The third-order valence-corrected chi connectivity index (χ3v) is 2.44. The number of hydrogen-bond donors (Lipinski definition) is 0. The summed E-state index contributed by atoms with van der Waals surface area (Å²) in [5, 5.41) is 10.8. The number of carbonyl (C=O) groups excluding carboxylic acids is 1. The monoisotopic (exact) mass is 291 g/mol. The average molecular weight is 291 g/mol. The van der Waals surface area contributed by atoms with Gasteiger partial charge in [-0.05, 0) is 18.2 Å². The summed E-state index contributed by atoms with van der Waals surface area (Å²) in [6, 6.07) is 10.7. The van der Waals surface area contributed by atoms with Gasteiger partial charge in [0.25, 0.3) is 0 Å². The van der Waals surface area contributed by atoms with Gasteiger partial charge in [0.2, 0.25) is 0 Å². The summed E-state index contributed by atoms with van der Waals surface area (Å²) in [5.41, 5.74) is -0.254. The van der Waals surface area contributed by atoms with E-state index in [4.69, 9.17) is 9.47 Å². The quantitative estimate of drug-likeness (QED) is 0.366. The minimum Gasteiger partial charge on any atom is -0.475 e. The third-order valence-electron chi connectivity index (χ3n) is 2.44. The normalized spacial score (nSPS) is 9.95. The Morgan fingerprint density at radius 1 is 1.19 bits per heavy atom. The van der Waals surface area contributed by atoms with Crippen LogP contribution in [0.1, 0.15) is 0 Å². The van der Waals surface area contributed by atoms with Gasteiger partial charge >= 0.3 is 11.7 Å². The van der Waals surface area contributed by atoms with Crippen LogP contribution in [0.25, 0.3) is 0 Å². The van der Waals surface area contributed by atoms with Crippen LogP contribution in [0.2, 0.25) is 0 Å². The molecule has 0 aromatic heterocycles. The van der Waals surface area contributed by atoms with Gasteiger partial charge in [-0.25, -0.2) is 9.18 Å². The molecule has 108 valence electrons. The van der Waals surface area contributed by atoms with Crippen molar-refractivity contribution in [3.63, 3.8) is 0 Å². The van der Waals surface area contributed by atoms with Crippen molar-refractivity contribution in [1.82, 2.24) is 0 Å². The van der Waals surface area contributed by atoms with E-state index in [0.29, 0.717) is 0 Å². The molecule has 0 saturated heterocycles. The minimum atomic E-state index is -0.793. The van der Waals surface area contributed by atoms with Crippen molar-refractivity contribution in [2.45, 2.75) is 0 Å². The van der Waals surface area contributed by atoms with Crippen molar-refractivity contribution >= 4 is 11.7 Å². The summed E-state index contributed by atoms with van der Waals surface area (Å²) >= 11 is 0. The second-order valence-corrected chi connectivity index (χ2v) is 3.94. The van der Waals surface area contributed by atoms with Gasteiger partial charge in [-0.15, -0.1) is 0 Å². The molecular formula is C14H10FNO5.